The van der Waals surface area contributed by atoms with Crippen molar-refractivity contribution in [3.05, 3.63) is 28.2 Å². The van der Waals surface area contributed by atoms with Gasteiger partial charge in [0.25, 0.3) is 0 Å². The van der Waals surface area contributed by atoms with E-state index in [4.69, 9.17) is 5.11 Å². The zero-order chi connectivity index (χ0) is 13.5. The number of hydrogen-bond acceptors (Lipinski definition) is 3. The molecule has 1 fully saturated rings. The van der Waals surface area contributed by atoms with Gasteiger partial charge < -0.3 is 5.11 Å². The van der Waals surface area contributed by atoms with Crippen molar-refractivity contribution in [3.63, 3.8) is 0 Å². The topological polar surface area (TPSA) is 86.7 Å². The van der Waals surface area contributed by atoms with Gasteiger partial charge in [-0.25, -0.2) is 0 Å². The van der Waals surface area contributed by atoms with Crippen LogP contribution < -0.4 is 9.03 Å². The zero-order valence-corrected chi connectivity index (χ0v) is 11.8. The van der Waals surface area contributed by atoms with E-state index in [9.17, 15) is 13.2 Å². The summed E-state index contributed by atoms with van der Waals surface area (Å²) < 4.78 is 27.7. The van der Waals surface area contributed by atoms with Crippen LogP contribution in [-0.2, 0) is 15.0 Å². The number of aryl methyl sites for hydroxylation is 1. The first-order valence-electron chi connectivity index (χ1n) is 5.10. The first kappa shape index (κ1) is 13.3. The number of nitrogens with zero attached hydrogens (tertiary/aromatic N) is 1. The molecule has 1 atom stereocenters. The molecule has 98 valence electrons. The molecule has 0 radical (unpaired) electrons. The summed E-state index contributed by atoms with van der Waals surface area (Å²) in [6, 6.07) is 3.93. The molecule has 2 rings (SSSR count). The Morgan fingerprint density at radius 2 is 2.22 bits per heavy atom. The van der Waals surface area contributed by atoms with Crippen LogP contribution in [0.25, 0.3) is 0 Å². The van der Waals surface area contributed by atoms with Crippen LogP contribution >= 0.6 is 15.9 Å². The maximum absolute atomic E-state index is 11.8. The quantitative estimate of drug-likeness (QED) is 0.839. The summed E-state index contributed by atoms with van der Waals surface area (Å²) in [4.78, 5) is 10.8. The van der Waals surface area contributed by atoms with Gasteiger partial charge >= 0.3 is 16.2 Å². The third-order valence-electron chi connectivity index (χ3n) is 2.66. The van der Waals surface area contributed by atoms with E-state index in [1.54, 1.807) is 18.2 Å². The first-order chi connectivity index (χ1) is 8.31. The summed E-state index contributed by atoms with van der Waals surface area (Å²) >= 11 is 3.32. The molecule has 1 aliphatic heterocycles. The molecule has 1 aromatic carbocycles. The predicted molar refractivity (Wildman–Crippen MR) is 69.7 cm³/mol. The second-order valence-electron chi connectivity index (χ2n) is 3.98. The Balaban J connectivity index is 2.38. The minimum Gasteiger partial charge on any atom is -0.480 e. The SMILES string of the molecule is Cc1cc(N2CC(C(=O)O)NS2(=O)=O)ccc1Br. The number of carbonyl (C=O) groups is 1. The van der Waals surface area contributed by atoms with Crippen LogP contribution in [0.5, 0.6) is 0 Å². The number of anilines is 1. The van der Waals surface area contributed by atoms with E-state index in [2.05, 4.69) is 20.7 Å². The lowest BCUT2D eigenvalue weighted by Crippen LogP contribution is -2.34. The summed E-state index contributed by atoms with van der Waals surface area (Å²) in [5.74, 6) is -1.19. The Labute approximate surface area is 113 Å². The van der Waals surface area contributed by atoms with Crippen molar-refractivity contribution in [2.45, 2.75) is 13.0 Å². The average Bonchev–Trinajstić information content (AvgIpc) is 2.59. The van der Waals surface area contributed by atoms with E-state index in [1.807, 2.05) is 6.92 Å². The maximum Gasteiger partial charge on any atom is 0.323 e. The number of rotatable bonds is 2. The standard InChI is InChI=1S/C10H11BrN2O4S/c1-6-4-7(2-3-8(6)11)13-5-9(10(14)15)12-18(13,16)17/h2-4,9,12H,5H2,1H3,(H,14,15). The van der Waals surface area contributed by atoms with Crippen LogP contribution in [0.15, 0.2) is 22.7 Å². The zero-order valence-electron chi connectivity index (χ0n) is 9.42. The molecule has 18 heavy (non-hydrogen) atoms. The minimum absolute atomic E-state index is 0.112. The van der Waals surface area contributed by atoms with Crippen LogP contribution in [0.2, 0.25) is 0 Å². The Morgan fingerprint density at radius 3 is 2.72 bits per heavy atom. The molecule has 1 saturated heterocycles. The Bertz CT molecular complexity index is 602. The fourth-order valence-corrected chi connectivity index (χ4v) is 3.35. The lowest BCUT2D eigenvalue weighted by molar-refractivity contribution is -0.138. The van der Waals surface area contributed by atoms with E-state index in [0.29, 0.717) is 5.69 Å². The molecular weight excluding hydrogens is 324 g/mol. The Hall–Kier alpha value is -1.12. The summed E-state index contributed by atoms with van der Waals surface area (Å²) in [5, 5.41) is 8.85. The Kier molecular flexibility index (Phi) is 3.35. The molecule has 0 amide bonds. The number of hydrogen-bond donors (Lipinski definition) is 2. The first-order valence-corrected chi connectivity index (χ1v) is 7.33. The molecule has 0 aromatic heterocycles. The van der Waals surface area contributed by atoms with Gasteiger partial charge in [-0.05, 0) is 30.7 Å². The monoisotopic (exact) mass is 334 g/mol. The lowest BCUT2D eigenvalue weighted by atomic mass is 10.2. The van der Waals surface area contributed by atoms with E-state index in [1.165, 1.54) is 0 Å². The van der Waals surface area contributed by atoms with Gasteiger partial charge in [0.05, 0.1) is 12.2 Å². The minimum atomic E-state index is -3.78. The number of nitrogens with one attached hydrogen (secondary N) is 1. The van der Waals surface area contributed by atoms with E-state index >= 15 is 0 Å². The van der Waals surface area contributed by atoms with Gasteiger partial charge in [-0.15, -0.1) is 0 Å². The molecule has 1 aliphatic rings. The summed E-state index contributed by atoms with van der Waals surface area (Å²) in [7, 11) is -3.78. The van der Waals surface area contributed by atoms with Crippen molar-refractivity contribution < 1.29 is 18.3 Å². The van der Waals surface area contributed by atoms with Crippen LogP contribution in [0.4, 0.5) is 5.69 Å². The smallest absolute Gasteiger partial charge is 0.323 e. The van der Waals surface area contributed by atoms with E-state index in [0.717, 1.165) is 14.3 Å². The molecule has 2 N–H and O–H groups in total. The summed E-state index contributed by atoms with van der Waals surface area (Å²) in [5.41, 5.74) is 1.33. The van der Waals surface area contributed by atoms with Gasteiger partial charge in [0, 0.05) is 4.47 Å². The highest BCUT2D eigenvalue weighted by Crippen LogP contribution is 2.26. The van der Waals surface area contributed by atoms with E-state index < -0.39 is 22.2 Å². The van der Waals surface area contributed by atoms with Crippen molar-refractivity contribution in [1.29, 1.82) is 0 Å². The van der Waals surface area contributed by atoms with Gasteiger partial charge in [0.1, 0.15) is 6.04 Å². The third kappa shape index (κ3) is 2.36. The molecule has 1 aromatic rings. The van der Waals surface area contributed by atoms with Crippen molar-refractivity contribution >= 4 is 37.8 Å². The highest BCUT2D eigenvalue weighted by atomic mass is 79.9. The third-order valence-corrected chi connectivity index (χ3v) is 5.07. The van der Waals surface area contributed by atoms with Crippen LogP contribution in [0.1, 0.15) is 5.56 Å². The lowest BCUT2D eigenvalue weighted by Gasteiger charge is -2.16. The maximum atomic E-state index is 11.8. The van der Waals surface area contributed by atoms with Gasteiger partial charge in [0.2, 0.25) is 0 Å². The summed E-state index contributed by atoms with van der Waals surface area (Å²) in [6.45, 7) is 1.72. The number of carboxylic acid groups (broad SMARTS) is 1. The molecule has 6 nitrogen and oxygen atoms in total. The largest absolute Gasteiger partial charge is 0.480 e. The second-order valence-corrected chi connectivity index (χ2v) is 6.46. The molecule has 0 bridgehead atoms. The fraction of sp³-hybridized carbons (Fsp3) is 0.300. The number of halogens is 1. The normalized spacial score (nSPS) is 22.1. The van der Waals surface area contributed by atoms with Gasteiger partial charge in [-0.2, -0.15) is 13.1 Å². The second kappa shape index (κ2) is 4.52. The van der Waals surface area contributed by atoms with Crippen LogP contribution in [0, 0.1) is 6.92 Å². The molecule has 1 heterocycles. The van der Waals surface area contributed by atoms with Crippen molar-refractivity contribution in [2.24, 2.45) is 0 Å². The molecular formula is C10H11BrN2O4S. The Morgan fingerprint density at radius 1 is 1.56 bits per heavy atom. The van der Waals surface area contributed by atoms with Crippen molar-refractivity contribution in [2.75, 3.05) is 10.8 Å². The van der Waals surface area contributed by atoms with Gasteiger partial charge in [-0.3, -0.25) is 9.10 Å². The highest BCUT2D eigenvalue weighted by Gasteiger charge is 2.39. The van der Waals surface area contributed by atoms with Crippen molar-refractivity contribution in [1.82, 2.24) is 4.72 Å². The molecule has 0 spiro atoms. The number of carboxylic acids is 1. The van der Waals surface area contributed by atoms with Crippen LogP contribution in [0.3, 0.4) is 0 Å². The van der Waals surface area contributed by atoms with Gasteiger partial charge in [-0.1, -0.05) is 15.9 Å². The molecule has 0 saturated carbocycles. The van der Waals surface area contributed by atoms with Crippen LogP contribution in [-0.4, -0.2) is 32.1 Å². The average molecular weight is 335 g/mol. The number of benzene rings is 1. The highest BCUT2D eigenvalue weighted by molar-refractivity contribution is 9.10. The van der Waals surface area contributed by atoms with Crippen molar-refractivity contribution in [3.8, 4) is 0 Å². The van der Waals surface area contributed by atoms with Gasteiger partial charge in [0.15, 0.2) is 0 Å². The number of aliphatic carboxylic acids is 1. The molecule has 1 unspecified atom stereocenters. The van der Waals surface area contributed by atoms with E-state index in [-0.39, 0.29) is 6.54 Å². The molecule has 0 aliphatic carbocycles. The summed E-state index contributed by atoms with van der Waals surface area (Å²) in [6.07, 6.45) is 0. The molecule has 8 heteroatoms. The predicted octanol–water partition coefficient (Wildman–Crippen LogP) is 0.865. The fourth-order valence-electron chi connectivity index (χ4n) is 1.70.